The average molecular weight is 681 g/mol. The van der Waals surface area contributed by atoms with E-state index in [1.54, 1.807) is 0 Å². The van der Waals surface area contributed by atoms with Crippen molar-refractivity contribution in [3.8, 4) is 22.3 Å². The molecule has 0 saturated carbocycles. The van der Waals surface area contributed by atoms with Gasteiger partial charge in [-0.3, -0.25) is 0 Å². The second-order valence-electron chi connectivity index (χ2n) is 15.1. The van der Waals surface area contributed by atoms with Crippen molar-refractivity contribution >= 4 is 69.4 Å². The van der Waals surface area contributed by atoms with Gasteiger partial charge in [0.15, 0.2) is 0 Å². The average Bonchev–Trinajstić information content (AvgIpc) is 3.69. The van der Waals surface area contributed by atoms with Gasteiger partial charge in [-0.1, -0.05) is 172 Å². The lowest BCUT2D eigenvalue weighted by molar-refractivity contribution is 0.651. The summed E-state index contributed by atoms with van der Waals surface area (Å²) in [4.78, 5) is 0. The van der Waals surface area contributed by atoms with Gasteiger partial charge in [0.25, 0.3) is 0 Å². The van der Waals surface area contributed by atoms with Crippen LogP contribution in [0, 0.1) is 0 Å². The predicted octanol–water partition coefficient (Wildman–Crippen LogP) is 14.6. The van der Waals surface area contributed by atoms with Gasteiger partial charge in [0.05, 0.1) is 0 Å². The Morgan fingerprint density at radius 3 is 1.79 bits per heavy atom. The summed E-state index contributed by atoms with van der Waals surface area (Å²) in [6.07, 6.45) is 6.16. The number of thiophene rings is 1. The van der Waals surface area contributed by atoms with Crippen LogP contribution >= 0.6 is 11.3 Å². The number of benzene rings is 8. The van der Waals surface area contributed by atoms with Crippen LogP contribution in [0.5, 0.6) is 0 Å². The molecule has 1 heteroatoms. The summed E-state index contributed by atoms with van der Waals surface area (Å²) >= 11 is 1.93. The molecule has 246 valence electrons. The van der Waals surface area contributed by atoms with Crippen molar-refractivity contribution in [3.05, 3.63) is 186 Å². The van der Waals surface area contributed by atoms with E-state index < -0.39 is 0 Å². The van der Waals surface area contributed by atoms with Gasteiger partial charge in [0.2, 0.25) is 0 Å². The van der Waals surface area contributed by atoms with E-state index in [1.807, 2.05) is 11.3 Å². The molecule has 1 heterocycles. The van der Waals surface area contributed by atoms with E-state index in [2.05, 4.69) is 178 Å². The molecule has 2 aliphatic rings. The molecule has 0 bridgehead atoms. The molecular formula is C51H36S. The van der Waals surface area contributed by atoms with Gasteiger partial charge >= 0.3 is 0 Å². The number of hydrogen-bond acceptors (Lipinski definition) is 1. The molecule has 0 amide bonds. The minimum atomic E-state index is -0.0321. The molecule has 1 aromatic heterocycles. The van der Waals surface area contributed by atoms with E-state index in [0.29, 0.717) is 5.92 Å². The summed E-state index contributed by atoms with van der Waals surface area (Å²) in [5, 5.41) is 10.7. The zero-order chi connectivity index (χ0) is 34.6. The monoisotopic (exact) mass is 680 g/mol. The van der Waals surface area contributed by atoms with E-state index in [0.717, 1.165) is 6.42 Å². The van der Waals surface area contributed by atoms with Gasteiger partial charge in [0.1, 0.15) is 0 Å². The highest BCUT2D eigenvalue weighted by Crippen LogP contribution is 2.56. The third-order valence-electron chi connectivity index (χ3n) is 12.0. The molecule has 8 aromatic carbocycles. The third-order valence-corrected chi connectivity index (χ3v) is 13.2. The molecule has 9 aromatic rings. The Morgan fingerprint density at radius 1 is 0.500 bits per heavy atom. The van der Waals surface area contributed by atoms with Crippen LogP contribution in [0.3, 0.4) is 0 Å². The highest BCUT2D eigenvalue weighted by molar-refractivity contribution is 7.26. The Kier molecular flexibility index (Phi) is 6.40. The SMILES string of the molecule is CC1(C)C2=CCC(c3cccc(-c4c5ccccc5c(-c5ccccc5)c5ccccc45)c3)C=C2c2c1ccc1c2ccc2c3ccccc3sc12. The molecule has 0 fully saturated rings. The first-order chi connectivity index (χ1) is 25.6. The van der Waals surface area contributed by atoms with E-state index in [1.165, 1.54) is 103 Å². The second-order valence-corrected chi connectivity index (χ2v) is 16.2. The Labute approximate surface area is 308 Å². The van der Waals surface area contributed by atoms with Crippen LogP contribution in [0.2, 0.25) is 0 Å². The van der Waals surface area contributed by atoms with Crippen LogP contribution in [-0.2, 0) is 5.41 Å². The molecule has 0 N–H and O–H groups in total. The Morgan fingerprint density at radius 2 is 1.06 bits per heavy atom. The normalized spacial score (nSPS) is 16.4. The van der Waals surface area contributed by atoms with Crippen LogP contribution < -0.4 is 0 Å². The fourth-order valence-electron chi connectivity index (χ4n) is 9.58. The predicted molar refractivity (Wildman–Crippen MR) is 226 cm³/mol. The van der Waals surface area contributed by atoms with Crippen LogP contribution in [0.1, 0.15) is 42.9 Å². The van der Waals surface area contributed by atoms with Crippen molar-refractivity contribution < 1.29 is 0 Å². The fourth-order valence-corrected chi connectivity index (χ4v) is 10.8. The molecule has 0 aliphatic heterocycles. The summed E-state index contributed by atoms with van der Waals surface area (Å²) in [5.41, 5.74) is 12.3. The quantitative estimate of drug-likeness (QED) is 0.163. The van der Waals surface area contributed by atoms with Gasteiger partial charge in [-0.2, -0.15) is 0 Å². The Hall–Kier alpha value is -5.76. The van der Waals surface area contributed by atoms with Crippen molar-refractivity contribution in [2.24, 2.45) is 0 Å². The molecule has 0 nitrogen and oxygen atoms in total. The molecule has 0 saturated heterocycles. The van der Waals surface area contributed by atoms with E-state index >= 15 is 0 Å². The Balaban J connectivity index is 1.08. The van der Waals surface area contributed by atoms with E-state index in [-0.39, 0.29) is 5.41 Å². The van der Waals surface area contributed by atoms with Gasteiger partial charge in [-0.25, -0.2) is 0 Å². The first kappa shape index (κ1) is 29.9. The minimum absolute atomic E-state index is 0.0321. The lowest BCUT2D eigenvalue weighted by Crippen LogP contribution is -2.16. The standard InChI is InChI=1S/C51H36S/c1-51(2)44-27-23-33(30-43(44)49-40-24-25-41-35-17-10-11-22-46(35)52-50(41)42(40)26-28-45(49)51)32-15-12-16-34(29-32)48-38-20-8-6-18-36(38)47(31-13-4-3-5-14-31)37-19-7-9-21-39(37)48/h3-22,24-30,33H,23H2,1-2H3. The van der Waals surface area contributed by atoms with Crippen LogP contribution in [0.4, 0.5) is 0 Å². The van der Waals surface area contributed by atoms with Gasteiger partial charge in [0, 0.05) is 36.9 Å². The van der Waals surface area contributed by atoms with Crippen molar-refractivity contribution in [1.82, 2.24) is 0 Å². The lowest BCUT2D eigenvalue weighted by atomic mass is 9.77. The van der Waals surface area contributed by atoms with Crippen molar-refractivity contribution in [3.63, 3.8) is 0 Å². The molecule has 52 heavy (non-hydrogen) atoms. The molecule has 0 spiro atoms. The summed E-state index contributed by atoms with van der Waals surface area (Å²) in [5.74, 6) is 0.296. The Bertz CT molecular complexity index is 2950. The summed E-state index contributed by atoms with van der Waals surface area (Å²) < 4.78 is 2.76. The number of fused-ring (bicyclic) bond motifs is 11. The first-order valence-corrected chi connectivity index (χ1v) is 19.3. The molecule has 1 unspecified atom stereocenters. The van der Waals surface area contributed by atoms with E-state index in [9.17, 15) is 0 Å². The molecule has 11 rings (SSSR count). The minimum Gasteiger partial charge on any atom is -0.135 e. The zero-order valence-electron chi connectivity index (χ0n) is 29.3. The molecular weight excluding hydrogens is 645 g/mol. The van der Waals surface area contributed by atoms with E-state index in [4.69, 9.17) is 0 Å². The summed E-state index contributed by atoms with van der Waals surface area (Å²) in [7, 11) is 0. The number of rotatable bonds is 3. The highest BCUT2D eigenvalue weighted by Gasteiger charge is 2.41. The van der Waals surface area contributed by atoms with Crippen molar-refractivity contribution in [2.75, 3.05) is 0 Å². The van der Waals surface area contributed by atoms with Gasteiger partial charge in [-0.15, -0.1) is 11.3 Å². The topological polar surface area (TPSA) is 0 Å². The molecule has 1 atom stereocenters. The van der Waals surface area contributed by atoms with Crippen molar-refractivity contribution in [1.29, 1.82) is 0 Å². The first-order valence-electron chi connectivity index (χ1n) is 18.5. The van der Waals surface area contributed by atoms with Crippen LogP contribution in [0.15, 0.2) is 169 Å². The summed E-state index contributed by atoms with van der Waals surface area (Å²) in [6.45, 7) is 4.83. The van der Waals surface area contributed by atoms with Crippen LogP contribution in [-0.4, -0.2) is 0 Å². The summed E-state index contributed by atoms with van der Waals surface area (Å²) in [6, 6.07) is 56.7. The maximum absolute atomic E-state index is 2.60. The van der Waals surface area contributed by atoms with Crippen molar-refractivity contribution in [2.45, 2.75) is 31.6 Å². The maximum atomic E-state index is 2.60. The van der Waals surface area contributed by atoms with Crippen LogP contribution in [0.25, 0.3) is 80.3 Å². The second kappa shape index (κ2) is 11.1. The van der Waals surface area contributed by atoms with Gasteiger partial charge < -0.3 is 0 Å². The lowest BCUT2D eigenvalue weighted by Gasteiger charge is -2.26. The maximum Gasteiger partial charge on any atom is 0.0434 e. The molecule has 2 aliphatic carbocycles. The molecule has 0 radical (unpaired) electrons. The zero-order valence-corrected chi connectivity index (χ0v) is 30.1. The highest BCUT2D eigenvalue weighted by atomic mass is 32.1. The smallest absolute Gasteiger partial charge is 0.0434 e. The fraction of sp³-hybridized carbons (Fsp3) is 0.0980. The van der Waals surface area contributed by atoms with Gasteiger partial charge in [-0.05, 0) is 89.5 Å². The largest absolute Gasteiger partial charge is 0.135 e. The number of hydrogen-bond donors (Lipinski definition) is 0. The third kappa shape index (κ3) is 4.21. The number of allylic oxidation sites excluding steroid dienone is 4.